The highest BCUT2D eigenvalue weighted by molar-refractivity contribution is 5.85. The number of fused-ring (bicyclic) bond motifs is 1. The molecule has 0 amide bonds. The number of phenolic OH excluding ortho intramolecular Hbond substituents is 1. The number of aromatic nitrogens is 4. The minimum absolute atomic E-state index is 0.194. The molecule has 6 heteroatoms. The van der Waals surface area contributed by atoms with Crippen molar-refractivity contribution in [2.75, 3.05) is 5.73 Å². The molecule has 0 radical (unpaired) electrons. The number of rotatable bonds is 2. The quantitative estimate of drug-likeness (QED) is 0.594. The van der Waals surface area contributed by atoms with Crippen LogP contribution in [0.3, 0.4) is 0 Å². The molecule has 2 aromatic heterocycles. The normalized spacial score (nSPS) is 11.0. The Morgan fingerprint density at radius 3 is 2.39 bits per heavy atom. The third-order valence-electron chi connectivity index (χ3n) is 3.54. The average Bonchev–Trinajstić information content (AvgIpc) is 3.01. The van der Waals surface area contributed by atoms with Gasteiger partial charge in [0.25, 0.3) is 0 Å². The van der Waals surface area contributed by atoms with Crippen molar-refractivity contribution in [3.63, 3.8) is 0 Å². The van der Waals surface area contributed by atoms with E-state index in [-0.39, 0.29) is 5.75 Å². The predicted molar refractivity (Wildman–Crippen MR) is 88.2 cm³/mol. The molecule has 0 aliphatic carbocycles. The third kappa shape index (κ3) is 2.36. The fourth-order valence-corrected chi connectivity index (χ4v) is 2.39. The largest absolute Gasteiger partial charge is 0.508 e. The number of phenols is 1. The lowest BCUT2D eigenvalue weighted by atomic mass is 10.2. The molecule has 0 bridgehead atoms. The number of nitrogen functional groups attached to an aromatic ring is 1. The van der Waals surface area contributed by atoms with Crippen LogP contribution in [0.4, 0.5) is 5.82 Å². The van der Waals surface area contributed by atoms with Crippen LogP contribution in [0.15, 0.2) is 60.8 Å². The highest BCUT2D eigenvalue weighted by Gasteiger charge is 2.12. The van der Waals surface area contributed by atoms with Gasteiger partial charge in [0.2, 0.25) is 0 Å². The van der Waals surface area contributed by atoms with Gasteiger partial charge in [0, 0.05) is 5.56 Å². The monoisotopic (exact) mass is 303 g/mol. The maximum atomic E-state index is 9.38. The van der Waals surface area contributed by atoms with Crippen LogP contribution in [0.1, 0.15) is 0 Å². The summed E-state index contributed by atoms with van der Waals surface area (Å²) in [6.45, 7) is 0. The summed E-state index contributed by atoms with van der Waals surface area (Å²) in [7, 11) is 0. The Morgan fingerprint density at radius 2 is 1.65 bits per heavy atom. The van der Waals surface area contributed by atoms with E-state index < -0.39 is 0 Å². The number of nitrogens with zero attached hydrogens (tertiary/aromatic N) is 4. The van der Waals surface area contributed by atoms with Gasteiger partial charge in [0.15, 0.2) is 17.2 Å². The van der Waals surface area contributed by atoms with Gasteiger partial charge in [-0.15, -0.1) is 0 Å². The summed E-state index contributed by atoms with van der Waals surface area (Å²) in [4.78, 5) is 8.84. The fourth-order valence-electron chi connectivity index (χ4n) is 2.39. The first kappa shape index (κ1) is 13.3. The number of hydrogen-bond donors (Lipinski definition) is 2. The number of nitrogens with two attached hydrogens (primary N) is 1. The van der Waals surface area contributed by atoms with Crippen LogP contribution < -0.4 is 5.73 Å². The van der Waals surface area contributed by atoms with E-state index in [9.17, 15) is 5.11 Å². The van der Waals surface area contributed by atoms with Crippen molar-refractivity contribution in [1.29, 1.82) is 0 Å². The van der Waals surface area contributed by atoms with E-state index in [2.05, 4.69) is 15.1 Å². The average molecular weight is 303 g/mol. The molecule has 3 N–H and O–H groups in total. The maximum absolute atomic E-state index is 9.38. The molecule has 0 saturated heterocycles. The molecular formula is C17H13N5O. The molecule has 0 unspecified atom stereocenters. The third-order valence-corrected chi connectivity index (χ3v) is 3.54. The predicted octanol–water partition coefficient (Wildman–Crippen LogP) is 2.77. The van der Waals surface area contributed by atoms with E-state index in [1.807, 2.05) is 36.5 Å². The Bertz CT molecular complexity index is 977. The summed E-state index contributed by atoms with van der Waals surface area (Å²) in [6.07, 6.45) is 1.83. The van der Waals surface area contributed by atoms with Gasteiger partial charge in [-0.3, -0.25) is 0 Å². The van der Waals surface area contributed by atoms with Crippen LogP contribution in [0.2, 0.25) is 0 Å². The van der Waals surface area contributed by atoms with E-state index in [1.54, 1.807) is 28.9 Å². The van der Waals surface area contributed by atoms with Gasteiger partial charge in [0.1, 0.15) is 11.3 Å². The molecule has 0 aliphatic heterocycles. The Kier molecular flexibility index (Phi) is 2.94. The number of anilines is 1. The van der Waals surface area contributed by atoms with E-state index >= 15 is 0 Å². The van der Waals surface area contributed by atoms with Gasteiger partial charge in [-0.25, -0.2) is 14.6 Å². The molecule has 4 aromatic rings. The summed E-state index contributed by atoms with van der Waals surface area (Å²) < 4.78 is 1.73. The number of aromatic hydroxyl groups is 1. The lowest BCUT2D eigenvalue weighted by Crippen LogP contribution is -1.97. The van der Waals surface area contributed by atoms with Gasteiger partial charge in [-0.2, -0.15) is 5.10 Å². The van der Waals surface area contributed by atoms with E-state index in [1.165, 1.54) is 0 Å². The van der Waals surface area contributed by atoms with Gasteiger partial charge in [-0.1, -0.05) is 18.2 Å². The first-order chi connectivity index (χ1) is 11.2. The zero-order valence-electron chi connectivity index (χ0n) is 12.1. The Labute approximate surface area is 131 Å². The van der Waals surface area contributed by atoms with Crippen LogP contribution in [0.5, 0.6) is 5.75 Å². The highest BCUT2D eigenvalue weighted by atomic mass is 16.3. The van der Waals surface area contributed by atoms with E-state index in [0.717, 1.165) is 11.3 Å². The van der Waals surface area contributed by atoms with Crippen LogP contribution in [0.25, 0.3) is 28.1 Å². The standard InChI is InChI=1S/C17H13N5O/c18-16-15-14(10-22(21-15)12-4-2-1-3-5-12)19-17(20-16)11-6-8-13(23)9-7-11/h1-10,23H,(H2,18,19,20). The first-order valence-electron chi connectivity index (χ1n) is 7.08. The molecule has 2 aromatic carbocycles. The molecule has 4 rings (SSSR count). The molecule has 112 valence electrons. The number of hydrogen-bond acceptors (Lipinski definition) is 5. The van der Waals surface area contributed by atoms with Crippen molar-refractivity contribution in [1.82, 2.24) is 19.7 Å². The lowest BCUT2D eigenvalue weighted by Gasteiger charge is -2.01. The Morgan fingerprint density at radius 1 is 0.913 bits per heavy atom. The van der Waals surface area contributed by atoms with Crippen molar-refractivity contribution in [2.45, 2.75) is 0 Å². The first-order valence-corrected chi connectivity index (χ1v) is 7.08. The van der Waals surface area contributed by atoms with Crippen molar-refractivity contribution < 1.29 is 5.11 Å². The molecule has 0 saturated carbocycles. The van der Waals surface area contributed by atoms with Gasteiger partial charge >= 0.3 is 0 Å². The second-order valence-corrected chi connectivity index (χ2v) is 5.12. The van der Waals surface area contributed by atoms with E-state index in [4.69, 9.17) is 5.73 Å². The van der Waals surface area contributed by atoms with Crippen LogP contribution in [-0.2, 0) is 0 Å². The topological polar surface area (TPSA) is 89.9 Å². The number of benzene rings is 2. The molecule has 0 atom stereocenters. The molecular weight excluding hydrogens is 290 g/mol. The summed E-state index contributed by atoms with van der Waals surface area (Å²) in [5.74, 6) is 1.02. The van der Waals surface area contributed by atoms with E-state index in [0.29, 0.717) is 22.7 Å². The zero-order valence-corrected chi connectivity index (χ0v) is 12.1. The van der Waals surface area contributed by atoms with Crippen molar-refractivity contribution in [3.05, 3.63) is 60.8 Å². The molecule has 2 heterocycles. The molecule has 0 fully saturated rings. The minimum atomic E-state index is 0.194. The highest BCUT2D eigenvalue weighted by Crippen LogP contribution is 2.24. The fraction of sp³-hybridized carbons (Fsp3) is 0. The smallest absolute Gasteiger partial charge is 0.162 e. The van der Waals surface area contributed by atoms with Crippen LogP contribution in [0, 0.1) is 0 Å². The van der Waals surface area contributed by atoms with Gasteiger partial charge in [0.05, 0.1) is 11.9 Å². The molecule has 6 nitrogen and oxygen atoms in total. The molecule has 0 aliphatic rings. The lowest BCUT2D eigenvalue weighted by molar-refractivity contribution is 0.475. The van der Waals surface area contributed by atoms with Crippen LogP contribution >= 0.6 is 0 Å². The Balaban J connectivity index is 1.86. The van der Waals surface area contributed by atoms with Crippen molar-refractivity contribution in [2.24, 2.45) is 0 Å². The van der Waals surface area contributed by atoms with Gasteiger partial charge in [-0.05, 0) is 36.4 Å². The summed E-state index contributed by atoms with van der Waals surface area (Å²) in [5.41, 5.74) is 8.98. The summed E-state index contributed by atoms with van der Waals surface area (Å²) in [6, 6.07) is 16.4. The summed E-state index contributed by atoms with van der Waals surface area (Å²) >= 11 is 0. The maximum Gasteiger partial charge on any atom is 0.162 e. The Hall–Kier alpha value is -3.41. The van der Waals surface area contributed by atoms with Crippen molar-refractivity contribution in [3.8, 4) is 22.8 Å². The van der Waals surface area contributed by atoms with Crippen molar-refractivity contribution >= 4 is 16.9 Å². The van der Waals surface area contributed by atoms with Crippen LogP contribution in [-0.4, -0.2) is 24.9 Å². The number of para-hydroxylation sites is 1. The molecule has 0 spiro atoms. The zero-order chi connectivity index (χ0) is 15.8. The summed E-state index contributed by atoms with van der Waals surface area (Å²) in [5, 5.41) is 13.8. The SMILES string of the molecule is Nc1nc(-c2ccc(O)cc2)nc2cn(-c3ccccc3)nc12. The minimum Gasteiger partial charge on any atom is -0.508 e. The molecule has 23 heavy (non-hydrogen) atoms. The second kappa shape index (κ2) is 5.10. The second-order valence-electron chi connectivity index (χ2n) is 5.12. The van der Waals surface area contributed by atoms with Gasteiger partial charge < -0.3 is 10.8 Å².